The first-order valence-corrected chi connectivity index (χ1v) is 21.1. The summed E-state index contributed by atoms with van der Waals surface area (Å²) in [7, 11) is 13.3. The Bertz CT molecular complexity index is 2400. The van der Waals surface area contributed by atoms with Crippen LogP contribution in [0.15, 0.2) is 170 Å². The fourth-order valence-electron chi connectivity index (χ4n) is 8.55. The lowest BCUT2D eigenvalue weighted by Crippen LogP contribution is -2.31. The molecule has 0 radical (unpaired) electrons. The van der Waals surface area contributed by atoms with Crippen LogP contribution >= 0.6 is 0 Å². The molecule has 0 aliphatic carbocycles. The molecule has 0 amide bonds. The fourth-order valence-corrected chi connectivity index (χ4v) is 8.55. The van der Waals surface area contributed by atoms with Gasteiger partial charge in [-0.2, -0.15) is 0 Å². The Morgan fingerprint density at radius 1 is 0.200 bits per heavy atom. The number of methoxy groups -OCH3 is 8. The zero-order valence-corrected chi connectivity index (χ0v) is 37.9. The van der Waals surface area contributed by atoms with E-state index in [4.69, 9.17) is 37.9 Å². The monoisotopic (exact) mass is 864 g/mol. The van der Waals surface area contributed by atoms with Crippen molar-refractivity contribution < 1.29 is 37.9 Å². The van der Waals surface area contributed by atoms with E-state index < -0.39 is 5.41 Å². The van der Waals surface area contributed by atoms with Crippen molar-refractivity contribution >= 4 is 0 Å². The molecule has 8 rings (SSSR count). The highest BCUT2D eigenvalue weighted by molar-refractivity contribution is 5.75. The fraction of sp³-hybridized carbons (Fsp3) is 0.158. The van der Waals surface area contributed by atoms with Crippen LogP contribution in [-0.2, 0) is 5.41 Å². The molecule has 8 aromatic carbocycles. The Labute approximate surface area is 381 Å². The van der Waals surface area contributed by atoms with Gasteiger partial charge in [0.2, 0.25) is 0 Å². The van der Waals surface area contributed by atoms with Crippen molar-refractivity contribution in [3.63, 3.8) is 0 Å². The van der Waals surface area contributed by atoms with Gasteiger partial charge in [-0.25, -0.2) is 0 Å². The minimum Gasteiger partial charge on any atom is -0.497 e. The Hall–Kier alpha value is -7.84. The van der Waals surface area contributed by atoms with Gasteiger partial charge >= 0.3 is 0 Å². The number of hydrogen-bond acceptors (Lipinski definition) is 8. The van der Waals surface area contributed by atoms with Gasteiger partial charge in [0, 0.05) is 24.3 Å². The molecular formula is C57H52O8. The van der Waals surface area contributed by atoms with Gasteiger partial charge in [-0.05, 0) is 115 Å². The number of ether oxygens (including phenoxy) is 8. The van der Waals surface area contributed by atoms with Crippen molar-refractivity contribution in [2.75, 3.05) is 56.9 Å². The molecule has 8 nitrogen and oxygen atoms in total. The summed E-state index contributed by atoms with van der Waals surface area (Å²) < 4.78 is 45.2. The molecule has 0 N–H and O–H groups in total. The summed E-state index contributed by atoms with van der Waals surface area (Å²) in [4.78, 5) is 0. The molecule has 0 saturated carbocycles. The molecule has 0 fully saturated rings. The normalized spacial score (nSPS) is 11.1. The van der Waals surface area contributed by atoms with E-state index in [0.29, 0.717) is 46.0 Å². The highest BCUT2D eigenvalue weighted by Crippen LogP contribution is 2.48. The van der Waals surface area contributed by atoms with Crippen LogP contribution in [0.1, 0.15) is 22.3 Å². The Kier molecular flexibility index (Phi) is 13.0. The van der Waals surface area contributed by atoms with Crippen molar-refractivity contribution in [3.8, 4) is 90.5 Å². The van der Waals surface area contributed by atoms with Crippen molar-refractivity contribution in [3.05, 3.63) is 192 Å². The molecule has 0 atom stereocenters. The van der Waals surface area contributed by atoms with Gasteiger partial charge in [0.15, 0.2) is 0 Å². The van der Waals surface area contributed by atoms with E-state index in [-0.39, 0.29) is 0 Å². The maximum atomic E-state index is 5.65. The molecule has 328 valence electrons. The minimum absolute atomic E-state index is 0.717. The van der Waals surface area contributed by atoms with E-state index in [1.807, 2.05) is 72.8 Å². The van der Waals surface area contributed by atoms with E-state index in [0.717, 1.165) is 66.8 Å². The average Bonchev–Trinajstić information content (AvgIpc) is 3.38. The Balaban J connectivity index is 1.36. The summed E-state index contributed by atoms with van der Waals surface area (Å²) in [6, 6.07) is 58.9. The molecule has 8 aromatic rings. The van der Waals surface area contributed by atoms with Gasteiger partial charge in [-0.1, -0.05) is 97.1 Å². The van der Waals surface area contributed by atoms with Crippen LogP contribution in [0.3, 0.4) is 0 Å². The van der Waals surface area contributed by atoms with Gasteiger partial charge in [0.25, 0.3) is 0 Å². The summed E-state index contributed by atoms with van der Waals surface area (Å²) in [5.41, 5.74) is 11.5. The van der Waals surface area contributed by atoms with Gasteiger partial charge in [0.1, 0.15) is 46.0 Å². The van der Waals surface area contributed by atoms with E-state index in [9.17, 15) is 0 Å². The van der Waals surface area contributed by atoms with Crippen LogP contribution in [0.5, 0.6) is 46.0 Å². The van der Waals surface area contributed by atoms with Crippen LogP contribution < -0.4 is 37.9 Å². The topological polar surface area (TPSA) is 73.8 Å². The highest BCUT2D eigenvalue weighted by Gasteiger charge is 2.39. The lowest BCUT2D eigenvalue weighted by Gasteiger charge is -2.37. The molecule has 0 heterocycles. The molecular weight excluding hydrogens is 813 g/mol. The summed E-state index contributed by atoms with van der Waals surface area (Å²) in [5.74, 6) is 5.73. The van der Waals surface area contributed by atoms with Crippen molar-refractivity contribution in [1.82, 2.24) is 0 Å². The molecule has 0 bridgehead atoms. The molecule has 0 aliphatic rings. The maximum absolute atomic E-state index is 5.65. The second kappa shape index (κ2) is 19.3. The average molecular weight is 865 g/mol. The molecule has 0 unspecified atom stereocenters. The van der Waals surface area contributed by atoms with Crippen LogP contribution in [0.25, 0.3) is 44.5 Å². The molecule has 0 aliphatic heterocycles. The molecule has 0 aromatic heterocycles. The van der Waals surface area contributed by atoms with Crippen molar-refractivity contribution in [1.29, 1.82) is 0 Å². The lowest BCUT2D eigenvalue weighted by atomic mass is 9.64. The van der Waals surface area contributed by atoms with E-state index in [1.165, 1.54) is 0 Å². The van der Waals surface area contributed by atoms with Crippen LogP contribution in [0.2, 0.25) is 0 Å². The van der Waals surface area contributed by atoms with Crippen LogP contribution in [0, 0.1) is 0 Å². The molecule has 8 heteroatoms. The number of hydrogen-bond donors (Lipinski definition) is 0. The highest BCUT2D eigenvalue weighted by atomic mass is 16.5. The maximum Gasteiger partial charge on any atom is 0.123 e. The first-order chi connectivity index (χ1) is 31.7. The number of rotatable bonds is 16. The Morgan fingerprint density at radius 2 is 0.354 bits per heavy atom. The summed E-state index contributed by atoms with van der Waals surface area (Å²) in [6.07, 6.45) is 0. The van der Waals surface area contributed by atoms with Crippen LogP contribution in [-0.4, -0.2) is 56.9 Å². The molecule has 0 spiro atoms. The van der Waals surface area contributed by atoms with Crippen LogP contribution in [0.4, 0.5) is 0 Å². The second-order valence-electron chi connectivity index (χ2n) is 15.5. The van der Waals surface area contributed by atoms with E-state index in [2.05, 4.69) is 97.1 Å². The minimum atomic E-state index is -0.815. The lowest BCUT2D eigenvalue weighted by molar-refractivity contribution is 0.394. The Morgan fingerprint density at radius 3 is 0.492 bits per heavy atom. The third-order valence-electron chi connectivity index (χ3n) is 12.0. The third kappa shape index (κ3) is 8.89. The predicted molar refractivity (Wildman–Crippen MR) is 259 cm³/mol. The third-order valence-corrected chi connectivity index (χ3v) is 12.0. The number of benzene rings is 8. The zero-order valence-electron chi connectivity index (χ0n) is 37.9. The first-order valence-electron chi connectivity index (χ1n) is 21.1. The van der Waals surface area contributed by atoms with Crippen molar-refractivity contribution in [2.45, 2.75) is 5.41 Å². The quantitative estimate of drug-likeness (QED) is 0.0889. The standard InChI is InChI=1S/C57H52O8/c1-58-49-25-41(26-50(33-49)59-2)37-9-17-45(18-10-37)57(46-19-11-38(12-20-46)42-27-51(60-3)34-52(28-42)61-4,47-21-13-39(14-22-47)43-29-53(62-5)35-54(30-43)63-6)48-23-15-40(16-24-48)44-31-55(64-7)36-56(32-44)65-8/h9-36H,1-8H3. The molecule has 0 saturated heterocycles. The summed E-state index contributed by atoms with van der Waals surface area (Å²) in [5, 5.41) is 0. The SMILES string of the molecule is COc1cc(OC)cc(-c2ccc(C(c3ccc(-c4cc(OC)cc(OC)c4)cc3)(c3ccc(-c4cc(OC)cc(OC)c4)cc3)c3ccc(-c4cc(OC)cc(OC)c4)cc3)cc2)c1. The summed E-state index contributed by atoms with van der Waals surface area (Å²) >= 11 is 0. The zero-order chi connectivity index (χ0) is 45.5. The summed E-state index contributed by atoms with van der Waals surface area (Å²) in [6.45, 7) is 0. The van der Waals surface area contributed by atoms with Gasteiger partial charge in [-0.3, -0.25) is 0 Å². The van der Waals surface area contributed by atoms with Gasteiger partial charge in [-0.15, -0.1) is 0 Å². The van der Waals surface area contributed by atoms with Gasteiger partial charge in [0.05, 0.1) is 62.3 Å². The predicted octanol–water partition coefficient (Wildman–Crippen LogP) is 12.8. The molecule has 65 heavy (non-hydrogen) atoms. The van der Waals surface area contributed by atoms with Gasteiger partial charge < -0.3 is 37.9 Å². The first kappa shape index (κ1) is 43.8. The van der Waals surface area contributed by atoms with Crippen molar-refractivity contribution in [2.24, 2.45) is 0 Å². The smallest absolute Gasteiger partial charge is 0.123 e. The second-order valence-corrected chi connectivity index (χ2v) is 15.5. The largest absolute Gasteiger partial charge is 0.497 e. The van der Waals surface area contributed by atoms with E-state index >= 15 is 0 Å². The van der Waals surface area contributed by atoms with E-state index in [1.54, 1.807) is 56.9 Å².